The fourth-order valence-electron chi connectivity index (χ4n) is 2.27. The number of alkyl halides is 1. The predicted molar refractivity (Wildman–Crippen MR) is 90.4 cm³/mol. The van der Waals surface area contributed by atoms with Crippen LogP contribution in [0.2, 0.25) is 19.6 Å². The number of halogens is 1. The molecule has 1 amide bonds. The van der Waals surface area contributed by atoms with E-state index in [0.717, 1.165) is 5.56 Å². The second-order valence-corrected chi connectivity index (χ2v) is 10.8. The number of anilines is 1. The molecule has 0 heterocycles. The van der Waals surface area contributed by atoms with Gasteiger partial charge in [0.2, 0.25) is 5.91 Å². The Bertz CT molecular complexity index is 594. The van der Waals surface area contributed by atoms with Gasteiger partial charge in [-0.25, -0.2) is 0 Å². The Hall–Kier alpha value is -1.71. The third-order valence-corrected chi connectivity index (χ3v) is 5.19. The highest BCUT2D eigenvalue weighted by atomic mass is 35.5. The largest absolute Gasteiger partial charge is 0.493 e. The smallest absolute Gasteiger partial charge is 0.233 e. The zero-order valence-electron chi connectivity index (χ0n) is 13.6. The van der Waals surface area contributed by atoms with Gasteiger partial charge in [-0.2, -0.15) is 5.26 Å². The maximum Gasteiger partial charge on any atom is 0.233 e. The minimum atomic E-state index is -2.04. The normalized spacial score (nSPS) is 10.8. The monoisotopic (exact) mass is 340 g/mol. The Morgan fingerprint density at radius 3 is 2.23 bits per heavy atom. The van der Waals surface area contributed by atoms with Crippen LogP contribution in [-0.2, 0) is 11.2 Å². The molecule has 0 radical (unpaired) electrons. The number of carbonyl (C=O) groups excluding carboxylic acids is 1. The maximum atomic E-state index is 12.3. The van der Waals surface area contributed by atoms with Crippen molar-refractivity contribution in [2.75, 3.05) is 24.7 Å². The summed E-state index contributed by atoms with van der Waals surface area (Å²) in [5.74, 6) is 0.771. The zero-order valence-corrected chi connectivity index (χ0v) is 15.3. The molecule has 0 aromatic heterocycles. The van der Waals surface area contributed by atoms with Gasteiger partial charge in [-0.15, -0.1) is 11.6 Å². The summed E-state index contributed by atoms with van der Waals surface area (Å²) in [7, 11) is 1.03. The SMILES string of the molecule is COc1cc(CC#N)c(N(C(=O)CCl)[Si](C)(C)C)cc1OC. The van der Waals surface area contributed by atoms with E-state index in [4.69, 9.17) is 26.3 Å². The van der Waals surface area contributed by atoms with Crippen LogP contribution in [0.5, 0.6) is 11.5 Å². The van der Waals surface area contributed by atoms with Crippen LogP contribution in [0.15, 0.2) is 12.1 Å². The van der Waals surface area contributed by atoms with Crippen LogP contribution in [0.3, 0.4) is 0 Å². The Morgan fingerprint density at radius 2 is 1.82 bits per heavy atom. The molecule has 0 saturated carbocycles. The van der Waals surface area contributed by atoms with Gasteiger partial charge >= 0.3 is 0 Å². The van der Waals surface area contributed by atoms with Gasteiger partial charge in [-0.1, -0.05) is 19.6 Å². The van der Waals surface area contributed by atoms with E-state index < -0.39 is 8.24 Å². The molecule has 0 spiro atoms. The van der Waals surface area contributed by atoms with Crippen LogP contribution in [0.4, 0.5) is 5.69 Å². The molecule has 0 N–H and O–H groups in total. The third kappa shape index (κ3) is 3.93. The molecule has 0 fully saturated rings. The summed E-state index contributed by atoms with van der Waals surface area (Å²) < 4.78 is 12.3. The van der Waals surface area contributed by atoms with Crippen molar-refractivity contribution in [3.05, 3.63) is 17.7 Å². The third-order valence-electron chi connectivity index (χ3n) is 3.13. The first-order valence-corrected chi connectivity index (χ1v) is 10.8. The standard InChI is InChI=1S/C15H21ClN2O3Si/c1-20-13-8-11(6-7-17)12(9-14(13)21-2)18(15(19)10-16)22(3,4)5/h8-9H,6,10H2,1-5H3. The van der Waals surface area contributed by atoms with Gasteiger partial charge in [0.15, 0.2) is 19.7 Å². The minimum Gasteiger partial charge on any atom is -0.493 e. The second kappa shape index (κ2) is 7.52. The van der Waals surface area contributed by atoms with E-state index in [9.17, 15) is 4.79 Å². The first-order valence-electron chi connectivity index (χ1n) is 6.81. The summed E-state index contributed by atoms with van der Waals surface area (Å²) in [6.07, 6.45) is 0.173. The first-order chi connectivity index (χ1) is 10.3. The number of amides is 1. The van der Waals surface area contributed by atoms with Crippen molar-refractivity contribution in [3.8, 4) is 17.6 Å². The van der Waals surface area contributed by atoms with Gasteiger partial charge in [0, 0.05) is 11.8 Å². The average Bonchev–Trinajstić information content (AvgIpc) is 2.46. The number of benzene rings is 1. The van der Waals surface area contributed by atoms with Crippen LogP contribution in [0, 0.1) is 11.3 Å². The molecule has 0 bridgehead atoms. The number of nitrogens with zero attached hydrogens (tertiary/aromatic N) is 2. The number of ether oxygens (including phenoxy) is 2. The van der Waals surface area contributed by atoms with Gasteiger partial charge in [-0.05, 0) is 11.6 Å². The van der Waals surface area contributed by atoms with Crippen molar-refractivity contribution in [2.24, 2.45) is 0 Å². The maximum absolute atomic E-state index is 12.3. The quantitative estimate of drug-likeness (QED) is 0.589. The predicted octanol–water partition coefficient (Wildman–Crippen LogP) is 3.18. The first kappa shape index (κ1) is 18.3. The molecule has 7 heteroatoms. The van der Waals surface area contributed by atoms with Gasteiger partial charge in [0.1, 0.15) is 5.88 Å². The molecular weight excluding hydrogens is 320 g/mol. The van der Waals surface area contributed by atoms with E-state index >= 15 is 0 Å². The number of hydrogen-bond donors (Lipinski definition) is 0. The van der Waals surface area contributed by atoms with Crippen LogP contribution in [0.25, 0.3) is 0 Å². The molecule has 0 aliphatic carbocycles. The lowest BCUT2D eigenvalue weighted by atomic mass is 10.1. The number of hydrogen-bond acceptors (Lipinski definition) is 4. The minimum absolute atomic E-state index is 0.107. The topological polar surface area (TPSA) is 62.6 Å². The number of rotatable bonds is 6. The molecule has 0 saturated heterocycles. The lowest BCUT2D eigenvalue weighted by molar-refractivity contribution is -0.115. The van der Waals surface area contributed by atoms with Crippen molar-refractivity contribution >= 4 is 31.4 Å². The van der Waals surface area contributed by atoms with Crippen LogP contribution < -0.4 is 14.0 Å². The second-order valence-electron chi connectivity index (χ2n) is 5.70. The van der Waals surface area contributed by atoms with Crippen molar-refractivity contribution in [1.82, 2.24) is 0 Å². The zero-order chi connectivity index (χ0) is 16.9. The highest BCUT2D eigenvalue weighted by Crippen LogP contribution is 2.37. The Labute approximate surface area is 137 Å². The van der Waals surface area contributed by atoms with Gasteiger partial charge in [0.05, 0.1) is 26.7 Å². The van der Waals surface area contributed by atoms with E-state index in [1.54, 1.807) is 16.7 Å². The summed E-state index contributed by atoms with van der Waals surface area (Å²) in [5.41, 5.74) is 1.39. The van der Waals surface area contributed by atoms with Crippen LogP contribution in [-0.4, -0.2) is 34.2 Å². The van der Waals surface area contributed by atoms with E-state index in [0.29, 0.717) is 17.2 Å². The van der Waals surface area contributed by atoms with Crippen molar-refractivity contribution in [3.63, 3.8) is 0 Å². The van der Waals surface area contributed by atoms with E-state index in [2.05, 4.69) is 6.07 Å². The van der Waals surface area contributed by atoms with Crippen molar-refractivity contribution < 1.29 is 14.3 Å². The Morgan fingerprint density at radius 1 is 1.27 bits per heavy atom. The highest BCUT2D eigenvalue weighted by molar-refractivity contribution is 6.83. The van der Waals surface area contributed by atoms with Gasteiger partial charge < -0.3 is 14.0 Å². The summed E-state index contributed by atoms with van der Waals surface area (Å²) >= 11 is 5.77. The molecule has 120 valence electrons. The van der Waals surface area contributed by atoms with Crippen molar-refractivity contribution in [1.29, 1.82) is 5.26 Å². The number of carbonyl (C=O) groups is 1. The Kier molecular flexibility index (Phi) is 6.27. The summed E-state index contributed by atoms with van der Waals surface area (Å²) in [6.45, 7) is 6.14. The molecule has 0 unspecified atom stereocenters. The number of methoxy groups -OCH3 is 2. The van der Waals surface area contributed by atoms with E-state index in [1.165, 1.54) is 14.2 Å². The molecule has 1 rings (SSSR count). The number of nitriles is 1. The molecule has 0 atom stereocenters. The average molecular weight is 341 g/mol. The van der Waals surface area contributed by atoms with Crippen molar-refractivity contribution in [2.45, 2.75) is 26.1 Å². The molecule has 5 nitrogen and oxygen atoms in total. The summed E-state index contributed by atoms with van der Waals surface area (Å²) in [5, 5.41) is 9.07. The molecule has 0 aliphatic rings. The van der Waals surface area contributed by atoms with Crippen LogP contribution >= 0.6 is 11.6 Å². The Balaban J connectivity index is 3.59. The summed E-state index contributed by atoms with van der Waals surface area (Å²) in [4.78, 5) is 12.3. The molecule has 1 aromatic rings. The fourth-order valence-corrected chi connectivity index (χ4v) is 4.25. The molecule has 1 aromatic carbocycles. The van der Waals surface area contributed by atoms with Crippen LogP contribution in [0.1, 0.15) is 5.56 Å². The highest BCUT2D eigenvalue weighted by Gasteiger charge is 2.32. The lowest BCUT2D eigenvalue weighted by Crippen LogP contribution is -2.51. The molecule has 0 aliphatic heterocycles. The fraction of sp³-hybridized carbons (Fsp3) is 0.467. The van der Waals surface area contributed by atoms with Gasteiger partial charge in [0.25, 0.3) is 0 Å². The molecule has 22 heavy (non-hydrogen) atoms. The summed E-state index contributed by atoms with van der Waals surface area (Å²) in [6, 6.07) is 5.61. The van der Waals surface area contributed by atoms with Gasteiger partial charge in [-0.3, -0.25) is 4.79 Å². The lowest BCUT2D eigenvalue weighted by Gasteiger charge is -2.35. The molecular formula is C15H21ClN2O3Si. The van der Waals surface area contributed by atoms with E-state index in [1.807, 2.05) is 19.6 Å². The van der Waals surface area contributed by atoms with E-state index in [-0.39, 0.29) is 18.2 Å².